The van der Waals surface area contributed by atoms with E-state index < -0.39 is 0 Å². The molecular weight excluding hydrogens is 311 g/mol. The third-order valence-corrected chi connectivity index (χ3v) is 2.86. The number of ether oxygens (including phenoxy) is 1. The number of hydrogen-bond donors (Lipinski definition) is 1. The lowest BCUT2D eigenvalue weighted by Gasteiger charge is -2.08. The van der Waals surface area contributed by atoms with Gasteiger partial charge in [0.1, 0.15) is 17.3 Å². The zero-order valence-electron chi connectivity index (χ0n) is 10.5. The SMILES string of the molecule is CCNCc1cc(F)cc(Oc2cncc(Br)c2)c1. The molecule has 3 nitrogen and oxygen atoms in total. The van der Waals surface area contributed by atoms with Gasteiger partial charge >= 0.3 is 0 Å². The average Bonchev–Trinajstić information content (AvgIpc) is 2.35. The van der Waals surface area contributed by atoms with Gasteiger partial charge in [0, 0.05) is 23.3 Å². The number of nitrogens with one attached hydrogen (secondary N) is 1. The molecule has 0 radical (unpaired) electrons. The first-order valence-electron chi connectivity index (χ1n) is 5.96. The van der Waals surface area contributed by atoms with Gasteiger partial charge in [-0.1, -0.05) is 6.92 Å². The summed E-state index contributed by atoms with van der Waals surface area (Å²) in [7, 11) is 0. The molecule has 2 aromatic rings. The van der Waals surface area contributed by atoms with E-state index in [1.165, 1.54) is 12.1 Å². The van der Waals surface area contributed by atoms with Crippen LogP contribution in [0.1, 0.15) is 12.5 Å². The fraction of sp³-hybridized carbons (Fsp3) is 0.214. The Hall–Kier alpha value is -1.46. The van der Waals surface area contributed by atoms with Crippen LogP contribution in [0.3, 0.4) is 0 Å². The molecule has 1 heterocycles. The summed E-state index contributed by atoms with van der Waals surface area (Å²) in [6, 6.07) is 6.44. The summed E-state index contributed by atoms with van der Waals surface area (Å²) in [5, 5.41) is 3.15. The lowest BCUT2D eigenvalue weighted by atomic mass is 10.2. The van der Waals surface area contributed by atoms with E-state index in [1.54, 1.807) is 18.5 Å². The number of pyridine rings is 1. The van der Waals surface area contributed by atoms with Gasteiger partial charge in [-0.3, -0.25) is 4.98 Å². The molecule has 0 atom stereocenters. The van der Waals surface area contributed by atoms with Crippen molar-refractivity contribution < 1.29 is 9.13 Å². The maximum atomic E-state index is 13.5. The first kappa shape index (κ1) is 14.0. The van der Waals surface area contributed by atoms with Crippen LogP contribution in [0.25, 0.3) is 0 Å². The molecule has 100 valence electrons. The molecule has 1 N–H and O–H groups in total. The van der Waals surface area contributed by atoms with Crippen molar-refractivity contribution in [2.24, 2.45) is 0 Å². The molecule has 19 heavy (non-hydrogen) atoms. The van der Waals surface area contributed by atoms with E-state index in [-0.39, 0.29) is 5.82 Å². The molecule has 0 spiro atoms. The Morgan fingerprint density at radius 1 is 1.21 bits per heavy atom. The highest BCUT2D eigenvalue weighted by Crippen LogP contribution is 2.25. The number of hydrogen-bond acceptors (Lipinski definition) is 3. The predicted molar refractivity (Wildman–Crippen MR) is 75.8 cm³/mol. The summed E-state index contributed by atoms with van der Waals surface area (Å²) in [5.74, 6) is 0.718. The third kappa shape index (κ3) is 4.29. The van der Waals surface area contributed by atoms with Crippen LogP contribution in [-0.4, -0.2) is 11.5 Å². The topological polar surface area (TPSA) is 34.1 Å². The molecule has 0 amide bonds. The monoisotopic (exact) mass is 324 g/mol. The Labute approximate surface area is 119 Å². The molecular formula is C14H14BrFN2O. The number of rotatable bonds is 5. The molecule has 1 aromatic carbocycles. The fourth-order valence-corrected chi connectivity index (χ4v) is 1.98. The van der Waals surface area contributed by atoms with Crippen molar-refractivity contribution in [3.8, 4) is 11.5 Å². The second-order valence-electron chi connectivity index (χ2n) is 4.02. The van der Waals surface area contributed by atoms with E-state index >= 15 is 0 Å². The van der Waals surface area contributed by atoms with Gasteiger partial charge in [0.05, 0.1) is 6.20 Å². The summed E-state index contributed by atoms with van der Waals surface area (Å²) in [5.41, 5.74) is 0.847. The lowest BCUT2D eigenvalue weighted by Crippen LogP contribution is -2.11. The van der Waals surface area contributed by atoms with Crippen molar-refractivity contribution in [1.82, 2.24) is 10.3 Å². The first-order chi connectivity index (χ1) is 9.17. The molecule has 2 rings (SSSR count). The lowest BCUT2D eigenvalue weighted by molar-refractivity contribution is 0.472. The van der Waals surface area contributed by atoms with Crippen molar-refractivity contribution in [2.45, 2.75) is 13.5 Å². The Morgan fingerprint density at radius 3 is 2.79 bits per heavy atom. The van der Waals surface area contributed by atoms with Crippen molar-refractivity contribution in [2.75, 3.05) is 6.54 Å². The molecule has 1 aromatic heterocycles. The molecule has 0 saturated heterocycles. The van der Waals surface area contributed by atoms with E-state index in [0.717, 1.165) is 16.6 Å². The zero-order chi connectivity index (χ0) is 13.7. The van der Waals surface area contributed by atoms with Crippen molar-refractivity contribution in [3.63, 3.8) is 0 Å². The molecule has 0 bridgehead atoms. The highest BCUT2D eigenvalue weighted by molar-refractivity contribution is 9.10. The number of nitrogens with zero attached hydrogens (tertiary/aromatic N) is 1. The van der Waals surface area contributed by atoms with E-state index in [2.05, 4.69) is 26.2 Å². The minimum atomic E-state index is -0.312. The van der Waals surface area contributed by atoms with E-state index in [1.807, 2.05) is 13.0 Å². The predicted octanol–water partition coefficient (Wildman–Crippen LogP) is 3.89. The van der Waals surface area contributed by atoms with Crippen LogP contribution in [0.15, 0.2) is 41.1 Å². The largest absolute Gasteiger partial charge is 0.456 e. The van der Waals surface area contributed by atoms with E-state index in [4.69, 9.17) is 4.74 Å². The molecule has 0 unspecified atom stereocenters. The van der Waals surface area contributed by atoms with Crippen molar-refractivity contribution >= 4 is 15.9 Å². The molecule has 0 fully saturated rings. The van der Waals surface area contributed by atoms with Crippen LogP contribution in [0.4, 0.5) is 4.39 Å². The van der Waals surface area contributed by atoms with Crippen LogP contribution in [0, 0.1) is 5.82 Å². The van der Waals surface area contributed by atoms with Crippen molar-refractivity contribution in [3.05, 3.63) is 52.5 Å². The number of benzene rings is 1. The Balaban J connectivity index is 2.17. The quantitative estimate of drug-likeness (QED) is 0.906. The van der Waals surface area contributed by atoms with Crippen molar-refractivity contribution in [1.29, 1.82) is 0 Å². The van der Waals surface area contributed by atoms with Gasteiger partial charge in [0.15, 0.2) is 0 Å². The second-order valence-corrected chi connectivity index (χ2v) is 4.93. The van der Waals surface area contributed by atoms with Gasteiger partial charge in [-0.25, -0.2) is 4.39 Å². The normalized spacial score (nSPS) is 10.5. The smallest absolute Gasteiger partial charge is 0.146 e. The van der Waals surface area contributed by atoms with Gasteiger partial charge in [-0.2, -0.15) is 0 Å². The van der Waals surface area contributed by atoms with Gasteiger partial charge < -0.3 is 10.1 Å². The third-order valence-electron chi connectivity index (χ3n) is 2.43. The molecule has 5 heteroatoms. The van der Waals surface area contributed by atoms with E-state index in [9.17, 15) is 4.39 Å². The highest BCUT2D eigenvalue weighted by Gasteiger charge is 2.04. The summed E-state index contributed by atoms with van der Waals surface area (Å²) in [4.78, 5) is 4.00. The minimum Gasteiger partial charge on any atom is -0.456 e. The molecule has 0 saturated carbocycles. The van der Waals surface area contributed by atoms with E-state index in [0.29, 0.717) is 18.0 Å². The Bertz CT molecular complexity index is 563. The summed E-state index contributed by atoms with van der Waals surface area (Å²) < 4.78 is 19.9. The average molecular weight is 325 g/mol. The van der Waals surface area contributed by atoms with Crippen LogP contribution in [-0.2, 0) is 6.54 Å². The minimum absolute atomic E-state index is 0.312. The maximum absolute atomic E-state index is 13.5. The maximum Gasteiger partial charge on any atom is 0.146 e. The fourth-order valence-electron chi connectivity index (χ4n) is 1.64. The van der Waals surface area contributed by atoms with Gasteiger partial charge in [-0.15, -0.1) is 0 Å². The summed E-state index contributed by atoms with van der Waals surface area (Å²) in [6.45, 7) is 3.45. The van der Waals surface area contributed by atoms with Gasteiger partial charge in [0.25, 0.3) is 0 Å². The van der Waals surface area contributed by atoms with Crippen LogP contribution < -0.4 is 10.1 Å². The first-order valence-corrected chi connectivity index (χ1v) is 6.75. The van der Waals surface area contributed by atoms with Gasteiger partial charge in [-0.05, 0) is 46.2 Å². The van der Waals surface area contributed by atoms with Crippen LogP contribution in [0.2, 0.25) is 0 Å². The summed E-state index contributed by atoms with van der Waals surface area (Å²) in [6.07, 6.45) is 3.24. The van der Waals surface area contributed by atoms with Gasteiger partial charge in [0.2, 0.25) is 0 Å². The zero-order valence-corrected chi connectivity index (χ0v) is 12.1. The Morgan fingerprint density at radius 2 is 2.05 bits per heavy atom. The summed E-state index contributed by atoms with van der Waals surface area (Å²) >= 11 is 3.31. The standard InChI is InChI=1S/C14H14BrFN2O/c1-2-17-7-10-3-12(16)6-13(4-10)19-14-5-11(15)8-18-9-14/h3-6,8-9,17H,2,7H2,1H3. The molecule has 0 aliphatic rings. The van der Waals surface area contributed by atoms with Crippen LogP contribution >= 0.6 is 15.9 Å². The molecule has 0 aliphatic heterocycles. The van der Waals surface area contributed by atoms with Crippen LogP contribution in [0.5, 0.6) is 11.5 Å². The number of aromatic nitrogens is 1. The number of halogens is 2. The molecule has 0 aliphatic carbocycles. The highest BCUT2D eigenvalue weighted by atomic mass is 79.9. The second kappa shape index (κ2) is 6.63. The Kier molecular flexibility index (Phi) is 4.87.